The van der Waals surface area contributed by atoms with Gasteiger partial charge in [0.1, 0.15) is 24.0 Å². The zero-order valence-corrected chi connectivity index (χ0v) is 11.0. The molecule has 0 radical (unpaired) electrons. The molecule has 0 aromatic heterocycles. The molecule has 1 aliphatic carbocycles. The average molecular weight is 270 g/mol. The zero-order valence-electron chi connectivity index (χ0n) is 11.0. The summed E-state index contributed by atoms with van der Waals surface area (Å²) in [6.45, 7) is 0. The van der Waals surface area contributed by atoms with Gasteiger partial charge in [0.05, 0.1) is 0 Å². The molecule has 0 spiro atoms. The SMILES string of the molecule is O=Cc1cc(F)cc(OC2CCCc3ccccc32)c1. The minimum atomic E-state index is -0.450. The molecular weight excluding hydrogens is 255 g/mol. The number of hydrogen-bond donors (Lipinski definition) is 0. The third-order valence-electron chi connectivity index (χ3n) is 3.62. The third kappa shape index (κ3) is 2.57. The molecule has 1 aliphatic rings. The minimum absolute atomic E-state index is 0.0683. The second kappa shape index (κ2) is 5.45. The molecule has 0 amide bonds. The number of benzene rings is 2. The maximum atomic E-state index is 13.4. The smallest absolute Gasteiger partial charge is 0.150 e. The van der Waals surface area contributed by atoms with E-state index in [1.165, 1.54) is 17.7 Å². The molecule has 1 unspecified atom stereocenters. The second-order valence-electron chi connectivity index (χ2n) is 5.04. The van der Waals surface area contributed by atoms with E-state index < -0.39 is 5.82 Å². The van der Waals surface area contributed by atoms with Gasteiger partial charge in [-0.3, -0.25) is 4.79 Å². The molecule has 2 nitrogen and oxygen atoms in total. The molecule has 0 aliphatic heterocycles. The van der Waals surface area contributed by atoms with Crippen molar-refractivity contribution in [2.75, 3.05) is 0 Å². The van der Waals surface area contributed by atoms with Crippen molar-refractivity contribution in [1.29, 1.82) is 0 Å². The summed E-state index contributed by atoms with van der Waals surface area (Å²) in [5.41, 5.74) is 2.75. The van der Waals surface area contributed by atoms with Crippen LogP contribution in [0.3, 0.4) is 0 Å². The van der Waals surface area contributed by atoms with Gasteiger partial charge in [-0.2, -0.15) is 0 Å². The lowest BCUT2D eigenvalue weighted by Gasteiger charge is -2.26. The summed E-state index contributed by atoms with van der Waals surface area (Å²) < 4.78 is 19.3. The quantitative estimate of drug-likeness (QED) is 0.785. The first kappa shape index (κ1) is 12.9. The number of halogens is 1. The number of aldehydes is 1. The van der Waals surface area contributed by atoms with Crippen molar-refractivity contribution in [1.82, 2.24) is 0 Å². The first-order valence-corrected chi connectivity index (χ1v) is 6.76. The van der Waals surface area contributed by atoms with E-state index >= 15 is 0 Å². The Balaban J connectivity index is 1.89. The summed E-state index contributed by atoms with van der Waals surface area (Å²) in [6.07, 6.45) is 3.58. The summed E-state index contributed by atoms with van der Waals surface area (Å²) in [5, 5.41) is 0. The number of hydrogen-bond acceptors (Lipinski definition) is 2. The van der Waals surface area contributed by atoms with Crippen LogP contribution in [0, 0.1) is 5.82 Å². The van der Waals surface area contributed by atoms with E-state index in [0.717, 1.165) is 24.8 Å². The Kier molecular flexibility index (Phi) is 3.50. The number of ether oxygens (including phenoxy) is 1. The summed E-state index contributed by atoms with van der Waals surface area (Å²) in [4.78, 5) is 10.8. The van der Waals surface area contributed by atoms with E-state index in [1.807, 2.05) is 12.1 Å². The van der Waals surface area contributed by atoms with Crippen LogP contribution in [-0.4, -0.2) is 6.29 Å². The lowest BCUT2D eigenvalue weighted by atomic mass is 9.89. The second-order valence-corrected chi connectivity index (χ2v) is 5.04. The van der Waals surface area contributed by atoms with E-state index in [9.17, 15) is 9.18 Å². The topological polar surface area (TPSA) is 26.3 Å². The molecule has 0 saturated heterocycles. The Bertz CT molecular complexity index is 637. The van der Waals surface area contributed by atoms with Gasteiger partial charge < -0.3 is 4.74 Å². The lowest BCUT2D eigenvalue weighted by Crippen LogP contribution is -2.15. The highest BCUT2D eigenvalue weighted by Crippen LogP contribution is 2.33. The fourth-order valence-electron chi connectivity index (χ4n) is 2.72. The monoisotopic (exact) mass is 270 g/mol. The van der Waals surface area contributed by atoms with Gasteiger partial charge in [0.25, 0.3) is 0 Å². The van der Waals surface area contributed by atoms with Gasteiger partial charge in [-0.05, 0) is 42.5 Å². The average Bonchev–Trinajstić information content (AvgIpc) is 2.47. The highest BCUT2D eigenvalue weighted by molar-refractivity contribution is 5.75. The molecule has 0 fully saturated rings. The van der Waals surface area contributed by atoms with Crippen molar-refractivity contribution >= 4 is 6.29 Å². The van der Waals surface area contributed by atoms with Crippen molar-refractivity contribution in [2.45, 2.75) is 25.4 Å². The van der Waals surface area contributed by atoms with Gasteiger partial charge in [0, 0.05) is 11.6 Å². The van der Waals surface area contributed by atoms with E-state index in [-0.39, 0.29) is 6.10 Å². The summed E-state index contributed by atoms with van der Waals surface area (Å²) >= 11 is 0. The molecular formula is C17H15FO2. The van der Waals surface area contributed by atoms with Crippen molar-refractivity contribution in [3.8, 4) is 5.75 Å². The maximum absolute atomic E-state index is 13.4. The van der Waals surface area contributed by atoms with Crippen molar-refractivity contribution in [3.63, 3.8) is 0 Å². The molecule has 0 heterocycles. The van der Waals surface area contributed by atoms with Crippen LogP contribution in [-0.2, 0) is 6.42 Å². The minimum Gasteiger partial charge on any atom is -0.486 e. The first-order chi connectivity index (χ1) is 9.76. The number of fused-ring (bicyclic) bond motifs is 1. The fourth-order valence-corrected chi connectivity index (χ4v) is 2.72. The van der Waals surface area contributed by atoms with Gasteiger partial charge in [0.15, 0.2) is 0 Å². The molecule has 1 atom stereocenters. The lowest BCUT2D eigenvalue weighted by molar-refractivity contribution is 0.112. The van der Waals surface area contributed by atoms with Gasteiger partial charge in [-0.25, -0.2) is 4.39 Å². The van der Waals surface area contributed by atoms with Gasteiger partial charge in [-0.1, -0.05) is 24.3 Å². The highest BCUT2D eigenvalue weighted by Gasteiger charge is 2.21. The van der Waals surface area contributed by atoms with Crippen molar-refractivity contribution < 1.29 is 13.9 Å². The van der Waals surface area contributed by atoms with E-state index in [4.69, 9.17) is 4.74 Å². The molecule has 0 saturated carbocycles. The van der Waals surface area contributed by atoms with Crippen LogP contribution in [0.5, 0.6) is 5.75 Å². The predicted molar refractivity (Wildman–Crippen MR) is 74.5 cm³/mol. The van der Waals surface area contributed by atoms with E-state index in [2.05, 4.69) is 12.1 Å². The number of carbonyl (C=O) groups excluding carboxylic acids is 1. The van der Waals surface area contributed by atoms with E-state index in [1.54, 1.807) is 6.07 Å². The Hall–Kier alpha value is -2.16. The Morgan fingerprint density at radius 3 is 2.90 bits per heavy atom. The molecule has 20 heavy (non-hydrogen) atoms. The van der Waals surface area contributed by atoms with E-state index in [0.29, 0.717) is 17.6 Å². The van der Waals surface area contributed by atoms with Crippen LogP contribution in [0.15, 0.2) is 42.5 Å². The summed E-state index contributed by atoms with van der Waals surface area (Å²) in [7, 11) is 0. The number of rotatable bonds is 3. The number of carbonyl (C=O) groups is 1. The van der Waals surface area contributed by atoms with Crippen molar-refractivity contribution in [3.05, 3.63) is 65.0 Å². The maximum Gasteiger partial charge on any atom is 0.150 e. The molecule has 0 bridgehead atoms. The Labute approximate surface area is 117 Å². The summed E-state index contributed by atoms with van der Waals surface area (Å²) in [6, 6.07) is 12.3. The van der Waals surface area contributed by atoms with Crippen LogP contribution < -0.4 is 4.74 Å². The van der Waals surface area contributed by atoms with Crippen molar-refractivity contribution in [2.24, 2.45) is 0 Å². The third-order valence-corrected chi connectivity index (χ3v) is 3.62. The van der Waals surface area contributed by atoms with Crippen LogP contribution >= 0.6 is 0 Å². The molecule has 2 aromatic rings. The Morgan fingerprint density at radius 1 is 1.20 bits per heavy atom. The van der Waals surface area contributed by atoms with Crippen LogP contribution in [0.1, 0.15) is 40.4 Å². The molecule has 3 rings (SSSR count). The molecule has 102 valence electrons. The molecule has 0 N–H and O–H groups in total. The summed E-state index contributed by atoms with van der Waals surface area (Å²) in [5.74, 6) is -0.0394. The normalized spacial score (nSPS) is 17.4. The molecule has 2 aromatic carbocycles. The van der Waals surface area contributed by atoms with Gasteiger partial charge in [-0.15, -0.1) is 0 Å². The number of aryl methyl sites for hydroxylation is 1. The van der Waals surface area contributed by atoms with Gasteiger partial charge >= 0.3 is 0 Å². The van der Waals surface area contributed by atoms with Gasteiger partial charge in [0.2, 0.25) is 0 Å². The fraction of sp³-hybridized carbons (Fsp3) is 0.235. The Morgan fingerprint density at radius 2 is 2.05 bits per heavy atom. The van der Waals surface area contributed by atoms with Crippen LogP contribution in [0.2, 0.25) is 0 Å². The standard InChI is InChI=1S/C17H15FO2/c18-14-8-12(11-19)9-15(10-14)20-17-7-3-5-13-4-1-2-6-16(13)17/h1-2,4,6,8-11,17H,3,5,7H2. The zero-order chi connectivity index (χ0) is 13.9. The van der Waals surface area contributed by atoms with Crippen LogP contribution in [0.4, 0.5) is 4.39 Å². The van der Waals surface area contributed by atoms with Crippen LogP contribution in [0.25, 0.3) is 0 Å². The highest BCUT2D eigenvalue weighted by atomic mass is 19.1. The molecule has 3 heteroatoms. The first-order valence-electron chi connectivity index (χ1n) is 6.76. The largest absolute Gasteiger partial charge is 0.486 e. The predicted octanol–water partition coefficient (Wildman–Crippen LogP) is 4.09.